The van der Waals surface area contributed by atoms with Crippen molar-refractivity contribution in [3.05, 3.63) is 29.8 Å². The third-order valence-corrected chi connectivity index (χ3v) is 3.60. The predicted molar refractivity (Wildman–Crippen MR) is 96.1 cm³/mol. The van der Waals surface area contributed by atoms with Crippen LogP contribution < -0.4 is 10.5 Å². The van der Waals surface area contributed by atoms with Gasteiger partial charge in [-0.05, 0) is 34.9 Å². The number of benzene rings is 1. The number of halogens is 1. The molecule has 0 amide bonds. The minimum atomic E-state index is 0. The van der Waals surface area contributed by atoms with Crippen molar-refractivity contribution >= 4 is 12.4 Å². The van der Waals surface area contributed by atoms with Gasteiger partial charge in [0.1, 0.15) is 12.4 Å². The molecule has 0 radical (unpaired) electrons. The lowest BCUT2D eigenvalue weighted by Gasteiger charge is -2.34. The molecule has 3 nitrogen and oxygen atoms in total. The molecule has 1 aromatic carbocycles. The van der Waals surface area contributed by atoms with Crippen LogP contribution in [0.3, 0.4) is 0 Å². The highest BCUT2D eigenvalue weighted by molar-refractivity contribution is 5.85. The molecule has 0 aliphatic heterocycles. The summed E-state index contributed by atoms with van der Waals surface area (Å²) < 4.78 is 11.0. The number of hydrogen-bond donors (Lipinski definition) is 1. The molecule has 0 saturated heterocycles. The monoisotopic (exact) mass is 329 g/mol. The molecule has 0 aromatic heterocycles. The van der Waals surface area contributed by atoms with E-state index in [-0.39, 0.29) is 17.8 Å². The third kappa shape index (κ3) is 6.99. The van der Waals surface area contributed by atoms with Crippen LogP contribution in [0.15, 0.2) is 24.3 Å². The summed E-state index contributed by atoms with van der Waals surface area (Å²) in [6, 6.07) is 8.48. The minimum absolute atomic E-state index is 0. The Morgan fingerprint density at radius 3 is 2.05 bits per heavy atom. The standard InChI is InChI=1S/C18H31NO2.ClH/c1-14(2)17(18(3,4)5)15-6-8-16(9-7-15)21-13-12-20-11-10-19;/h6-9,14,17H,10-13,19H2,1-5H3;1H. The van der Waals surface area contributed by atoms with Crippen molar-refractivity contribution in [1.29, 1.82) is 0 Å². The van der Waals surface area contributed by atoms with Crippen molar-refractivity contribution in [3.8, 4) is 5.75 Å². The van der Waals surface area contributed by atoms with Crippen LogP contribution in [0.25, 0.3) is 0 Å². The molecule has 0 spiro atoms. The summed E-state index contributed by atoms with van der Waals surface area (Å²) in [5.74, 6) is 2.05. The molecule has 0 aliphatic rings. The van der Waals surface area contributed by atoms with Crippen LogP contribution in [0.2, 0.25) is 0 Å². The first-order valence-electron chi connectivity index (χ1n) is 7.87. The molecular formula is C18H32ClNO2. The summed E-state index contributed by atoms with van der Waals surface area (Å²) in [6.45, 7) is 13.8. The highest BCUT2D eigenvalue weighted by Gasteiger charge is 2.28. The Morgan fingerprint density at radius 2 is 1.59 bits per heavy atom. The second kappa shape index (κ2) is 10.1. The Bertz CT molecular complexity index is 399. The molecule has 0 aliphatic carbocycles. The Hall–Kier alpha value is -0.770. The smallest absolute Gasteiger partial charge is 0.119 e. The van der Waals surface area contributed by atoms with Crippen molar-refractivity contribution in [2.24, 2.45) is 17.1 Å². The molecule has 128 valence electrons. The van der Waals surface area contributed by atoms with Gasteiger partial charge in [-0.1, -0.05) is 46.8 Å². The molecule has 4 heteroatoms. The van der Waals surface area contributed by atoms with E-state index in [4.69, 9.17) is 15.2 Å². The van der Waals surface area contributed by atoms with Crippen LogP contribution in [-0.2, 0) is 4.74 Å². The van der Waals surface area contributed by atoms with E-state index in [2.05, 4.69) is 58.9 Å². The molecule has 1 unspecified atom stereocenters. The Morgan fingerprint density at radius 1 is 1.00 bits per heavy atom. The van der Waals surface area contributed by atoms with Gasteiger partial charge in [-0.2, -0.15) is 0 Å². The van der Waals surface area contributed by atoms with Gasteiger partial charge in [0.05, 0.1) is 13.2 Å². The normalized spacial score (nSPS) is 12.9. The van der Waals surface area contributed by atoms with Crippen LogP contribution in [0.4, 0.5) is 0 Å². The summed E-state index contributed by atoms with van der Waals surface area (Å²) in [7, 11) is 0. The fourth-order valence-corrected chi connectivity index (χ4v) is 3.06. The summed E-state index contributed by atoms with van der Waals surface area (Å²) in [4.78, 5) is 0. The van der Waals surface area contributed by atoms with E-state index in [0.29, 0.717) is 38.2 Å². The van der Waals surface area contributed by atoms with Crippen LogP contribution in [0.1, 0.15) is 46.1 Å². The summed E-state index contributed by atoms with van der Waals surface area (Å²) >= 11 is 0. The van der Waals surface area contributed by atoms with Gasteiger partial charge >= 0.3 is 0 Å². The van der Waals surface area contributed by atoms with E-state index < -0.39 is 0 Å². The summed E-state index contributed by atoms with van der Waals surface area (Å²) in [5, 5.41) is 0. The first kappa shape index (κ1) is 21.2. The number of nitrogens with two attached hydrogens (primary N) is 1. The van der Waals surface area contributed by atoms with Crippen LogP contribution >= 0.6 is 12.4 Å². The summed E-state index contributed by atoms with van der Waals surface area (Å²) in [6.07, 6.45) is 0. The van der Waals surface area contributed by atoms with Crippen LogP contribution in [0.5, 0.6) is 5.75 Å². The molecule has 1 aromatic rings. The molecular weight excluding hydrogens is 298 g/mol. The third-order valence-electron chi connectivity index (χ3n) is 3.60. The second-order valence-electron chi connectivity index (χ2n) is 6.91. The molecule has 0 fully saturated rings. The van der Waals surface area contributed by atoms with Crippen molar-refractivity contribution < 1.29 is 9.47 Å². The highest BCUT2D eigenvalue weighted by Crippen LogP contribution is 2.40. The van der Waals surface area contributed by atoms with Gasteiger partial charge < -0.3 is 15.2 Å². The Balaban J connectivity index is 0.00000441. The summed E-state index contributed by atoms with van der Waals surface area (Å²) in [5.41, 5.74) is 7.00. The fourth-order valence-electron chi connectivity index (χ4n) is 3.06. The van der Waals surface area contributed by atoms with Gasteiger partial charge in [0.15, 0.2) is 0 Å². The van der Waals surface area contributed by atoms with Gasteiger partial charge in [0, 0.05) is 6.54 Å². The molecule has 0 saturated carbocycles. The predicted octanol–water partition coefficient (Wildman–Crippen LogP) is 4.25. The maximum Gasteiger partial charge on any atom is 0.119 e. The van der Waals surface area contributed by atoms with Crippen molar-refractivity contribution in [2.75, 3.05) is 26.4 Å². The minimum Gasteiger partial charge on any atom is -0.491 e. The lowest BCUT2D eigenvalue weighted by Crippen LogP contribution is -2.23. The topological polar surface area (TPSA) is 44.5 Å². The van der Waals surface area contributed by atoms with Crippen molar-refractivity contribution in [1.82, 2.24) is 0 Å². The maximum absolute atomic E-state index is 5.67. The van der Waals surface area contributed by atoms with Crippen molar-refractivity contribution in [2.45, 2.75) is 40.5 Å². The average Bonchev–Trinajstić information content (AvgIpc) is 2.38. The molecule has 1 rings (SSSR count). The van der Waals surface area contributed by atoms with E-state index in [0.717, 1.165) is 5.75 Å². The molecule has 0 bridgehead atoms. The number of rotatable bonds is 8. The lowest BCUT2D eigenvalue weighted by molar-refractivity contribution is 0.106. The number of hydrogen-bond acceptors (Lipinski definition) is 3. The van der Waals surface area contributed by atoms with Crippen molar-refractivity contribution in [3.63, 3.8) is 0 Å². The Labute approximate surface area is 142 Å². The van der Waals surface area contributed by atoms with Crippen LogP contribution in [-0.4, -0.2) is 26.4 Å². The average molecular weight is 330 g/mol. The van der Waals surface area contributed by atoms with Gasteiger partial charge in [0.2, 0.25) is 0 Å². The maximum atomic E-state index is 5.67. The zero-order valence-electron chi connectivity index (χ0n) is 14.6. The second-order valence-corrected chi connectivity index (χ2v) is 6.91. The number of ether oxygens (including phenoxy) is 2. The van der Waals surface area contributed by atoms with Gasteiger partial charge in [-0.3, -0.25) is 0 Å². The van der Waals surface area contributed by atoms with Gasteiger partial charge in [-0.15, -0.1) is 12.4 Å². The van der Waals surface area contributed by atoms with Crippen LogP contribution in [0, 0.1) is 11.3 Å². The molecule has 2 N–H and O–H groups in total. The van der Waals surface area contributed by atoms with E-state index in [1.807, 2.05) is 0 Å². The first-order valence-corrected chi connectivity index (χ1v) is 7.87. The molecule has 0 heterocycles. The first-order chi connectivity index (χ1) is 9.86. The largest absolute Gasteiger partial charge is 0.491 e. The quantitative estimate of drug-likeness (QED) is 0.725. The Kier molecular flexibility index (Phi) is 9.74. The fraction of sp³-hybridized carbons (Fsp3) is 0.667. The zero-order chi connectivity index (χ0) is 15.9. The zero-order valence-corrected chi connectivity index (χ0v) is 15.4. The van der Waals surface area contributed by atoms with E-state index in [9.17, 15) is 0 Å². The molecule has 22 heavy (non-hydrogen) atoms. The highest BCUT2D eigenvalue weighted by atomic mass is 35.5. The van der Waals surface area contributed by atoms with E-state index >= 15 is 0 Å². The lowest BCUT2D eigenvalue weighted by atomic mass is 9.70. The van der Waals surface area contributed by atoms with E-state index in [1.165, 1.54) is 5.56 Å². The van der Waals surface area contributed by atoms with Gasteiger partial charge in [0.25, 0.3) is 0 Å². The SMILES string of the molecule is CC(C)C(c1ccc(OCCOCCN)cc1)C(C)(C)C.Cl. The molecule has 1 atom stereocenters. The van der Waals surface area contributed by atoms with E-state index in [1.54, 1.807) is 0 Å². The van der Waals surface area contributed by atoms with Gasteiger partial charge in [-0.25, -0.2) is 0 Å².